The van der Waals surface area contributed by atoms with Crippen LogP contribution in [0.15, 0.2) is 88.7 Å². The normalized spacial score (nSPS) is 12.4. The maximum atomic E-state index is 14.8. The second-order valence-electron chi connectivity index (χ2n) is 10.5. The predicted octanol–water partition coefficient (Wildman–Crippen LogP) is 7.11. The Balaban J connectivity index is 1.76. The van der Waals surface area contributed by atoms with Crippen molar-refractivity contribution in [2.75, 3.05) is 7.05 Å². The number of rotatable bonds is 10. The summed E-state index contributed by atoms with van der Waals surface area (Å²) in [7, 11) is 1.92. The topological polar surface area (TPSA) is 91.4 Å². The highest BCUT2D eigenvalue weighted by atomic mass is 32.2. The van der Waals surface area contributed by atoms with E-state index in [1.165, 1.54) is 47.9 Å². The number of pyridine rings is 1. The van der Waals surface area contributed by atoms with Crippen molar-refractivity contribution >= 4 is 38.4 Å². The largest absolute Gasteiger partial charge is 0.611 e. The molecule has 3 aromatic carbocycles. The Kier molecular flexibility index (Phi) is 9.07. The average Bonchev–Trinajstić information content (AvgIpc) is 3.35. The summed E-state index contributed by atoms with van der Waals surface area (Å²) in [6, 6.07) is 19.5. The first-order valence-corrected chi connectivity index (χ1v) is 15.6. The van der Waals surface area contributed by atoms with Gasteiger partial charge in [-0.25, -0.2) is 8.78 Å². The van der Waals surface area contributed by atoms with Crippen molar-refractivity contribution in [1.82, 2.24) is 9.47 Å². The lowest BCUT2D eigenvalue weighted by molar-refractivity contribution is -0.384. The van der Waals surface area contributed by atoms with Gasteiger partial charge in [-0.15, -0.1) is 11.3 Å². The summed E-state index contributed by atoms with van der Waals surface area (Å²) in [5, 5.41) is 11.3. The molecule has 222 valence electrons. The van der Waals surface area contributed by atoms with Crippen LogP contribution in [0.2, 0.25) is 0 Å². The maximum Gasteiger partial charge on any atom is 0.269 e. The van der Waals surface area contributed by atoms with Gasteiger partial charge < -0.3 is 9.12 Å². The SMILES string of the molecule is CC(C)[S+]([O-])c1cn(Cc2c(F)cccc2F)c2sc(-c3ccc([N+](=O)[O-])cc3)c(CN(C)Cc3ccccc3)c2c1=O. The van der Waals surface area contributed by atoms with Crippen molar-refractivity contribution in [3.63, 3.8) is 0 Å². The van der Waals surface area contributed by atoms with Gasteiger partial charge in [0.2, 0.25) is 10.3 Å². The summed E-state index contributed by atoms with van der Waals surface area (Å²) in [5.41, 5.74) is 1.72. The van der Waals surface area contributed by atoms with E-state index in [9.17, 15) is 28.2 Å². The van der Waals surface area contributed by atoms with Crippen molar-refractivity contribution < 1.29 is 18.3 Å². The monoisotopic (exact) mass is 621 g/mol. The molecule has 1 unspecified atom stereocenters. The fraction of sp³-hybridized carbons (Fsp3) is 0.219. The molecular weight excluding hydrogens is 592 g/mol. The molecule has 0 saturated carbocycles. The molecule has 0 aliphatic carbocycles. The first kappa shape index (κ1) is 30.6. The Bertz CT molecular complexity index is 1820. The van der Waals surface area contributed by atoms with Crippen LogP contribution in [0.5, 0.6) is 0 Å². The molecule has 0 N–H and O–H groups in total. The molecule has 43 heavy (non-hydrogen) atoms. The number of nitro groups is 1. The number of hydrogen-bond donors (Lipinski definition) is 0. The molecule has 0 bridgehead atoms. The molecule has 0 aliphatic heterocycles. The second kappa shape index (κ2) is 12.8. The van der Waals surface area contributed by atoms with Crippen molar-refractivity contribution in [3.8, 4) is 10.4 Å². The average molecular weight is 622 g/mol. The number of nitrogens with zero attached hydrogens (tertiary/aromatic N) is 3. The van der Waals surface area contributed by atoms with Gasteiger partial charge >= 0.3 is 0 Å². The lowest BCUT2D eigenvalue weighted by atomic mass is 10.1. The molecule has 5 aromatic rings. The molecule has 0 saturated heterocycles. The third kappa shape index (κ3) is 6.40. The molecule has 7 nitrogen and oxygen atoms in total. The molecule has 0 amide bonds. The van der Waals surface area contributed by atoms with Gasteiger partial charge in [-0.1, -0.05) is 36.4 Å². The van der Waals surface area contributed by atoms with E-state index >= 15 is 0 Å². The van der Waals surface area contributed by atoms with Crippen LogP contribution in [-0.4, -0.2) is 31.2 Å². The van der Waals surface area contributed by atoms with Gasteiger partial charge in [0.05, 0.1) is 23.1 Å². The lowest BCUT2D eigenvalue weighted by Crippen LogP contribution is -2.25. The number of halogens is 2. The van der Waals surface area contributed by atoms with E-state index in [2.05, 4.69) is 0 Å². The van der Waals surface area contributed by atoms with E-state index in [0.717, 1.165) is 5.56 Å². The third-order valence-electron chi connectivity index (χ3n) is 7.07. The molecular formula is C32H29F2N3O4S2. The molecule has 5 rings (SSSR count). The molecule has 2 heterocycles. The Hall–Kier alpha value is -3.90. The quantitative estimate of drug-likeness (QED) is 0.0942. The van der Waals surface area contributed by atoms with Gasteiger partial charge in [0.1, 0.15) is 21.7 Å². The first-order chi connectivity index (χ1) is 20.5. The fourth-order valence-corrected chi connectivity index (χ4v) is 7.29. The number of nitro benzene ring substituents is 1. The van der Waals surface area contributed by atoms with E-state index in [-0.39, 0.29) is 27.9 Å². The van der Waals surface area contributed by atoms with Crippen molar-refractivity contribution in [1.29, 1.82) is 0 Å². The van der Waals surface area contributed by atoms with Crippen molar-refractivity contribution in [3.05, 3.63) is 128 Å². The Labute approximate surface area is 254 Å². The highest BCUT2D eigenvalue weighted by Crippen LogP contribution is 2.40. The molecule has 1 atom stereocenters. The maximum absolute atomic E-state index is 14.8. The summed E-state index contributed by atoms with van der Waals surface area (Å²) in [5.74, 6) is -1.46. The van der Waals surface area contributed by atoms with Gasteiger partial charge in [0.15, 0.2) is 0 Å². The van der Waals surface area contributed by atoms with Crippen molar-refractivity contribution in [2.45, 2.75) is 43.6 Å². The minimum absolute atomic E-state index is 0.0549. The molecule has 11 heteroatoms. The number of thiophene rings is 1. The first-order valence-electron chi connectivity index (χ1n) is 13.5. The highest BCUT2D eigenvalue weighted by molar-refractivity contribution is 7.92. The van der Waals surface area contributed by atoms with Gasteiger partial charge in [0, 0.05) is 35.7 Å². The van der Waals surface area contributed by atoms with Crippen LogP contribution in [0.4, 0.5) is 14.5 Å². The van der Waals surface area contributed by atoms with E-state index in [0.29, 0.717) is 39.3 Å². The zero-order valence-electron chi connectivity index (χ0n) is 23.8. The summed E-state index contributed by atoms with van der Waals surface area (Å²) in [6.07, 6.45) is 1.44. The lowest BCUT2D eigenvalue weighted by Gasteiger charge is -2.19. The zero-order chi connectivity index (χ0) is 30.8. The Morgan fingerprint density at radius 3 is 2.21 bits per heavy atom. The third-order valence-corrected chi connectivity index (χ3v) is 9.97. The number of non-ortho nitro benzene ring substituents is 1. The Morgan fingerprint density at radius 2 is 1.60 bits per heavy atom. The summed E-state index contributed by atoms with van der Waals surface area (Å²) < 4.78 is 44.6. The van der Waals surface area contributed by atoms with Crippen LogP contribution in [0.3, 0.4) is 0 Å². The van der Waals surface area contributed by atoms with Crippen LogP contribution < -0.4 is 5.43 Å². The molecule has 0 spiro atoms. The summed E-state index contributed by atoms with van der Waals surface area (Å²) in [6.45, 7) is 4.15. The smallest absolute Gasteiger partial charge is 0.269 e. The standard InChI is InChI=1S/C32H29F2N3O4S2/c1-20(2)43(41)28-19-36(18-24-26(33)10-7-11-27(24)34)32-29(30(28)38)25(17-35(3)16-21-8-5-4-6-9-21)31(42-32)22-12-14-23(15-13-22)37(39)40/h4-15,19-20H,16-18H2,1-3H3. The van der Waals surface area contributed by atoms with Crippen LogP contribution in [0, 0.1) is 21.7 Å². The zero-order valence-corrected chi connectivity index (χ0v) is 25.4. The van der Waals surface area contributed by atoms with Crippen LogP contribution in [-0.2, 0) is 30.8 Å². The van der Waals surface area contributed by atoms with Gasteiger partial charge in [0.25, 0.3) is 5.69 Å². The minimum Gasteiger partial charge on any atom is -0.611 e. The predicted molar refractivity (Wildman–Crippen MR) is 167 cm³/mol. The van der Waals surface area contributed by atoms with Crippen LogP contribution in [0.25, 0.3) is 20.7 Å². The molecule has 2 aromatic heterocycles. The van der Waals surface area contributed by atoms with Gasteiger partial charge in [-0.2, -0.15) is 0 Å². The fourth-order valence-electron chi connectivity index (χ4n) is 4.98. The van der Waals surface area contributed by atoms with Crippen LogP contribution in [0.1, 0.15) is 30.5 Å². The van der Waals surface area contributed by atoms with Gasteiger partial charge in [-0.3, -0.25) is 19.8 Å². The number of fused-ring (bicyclic) bond motifs is 1. The second-order valence-corrected chi connectivity index (χ2v) is 13.5. The van der Waals surface area contributed by atoms with Crippen molar-refractivity contribution in [2.24, 2.45) is 0 Å². The molecule has 0 aliphatic rings. The number of aromatic nitrogens is 1. The molecule has 0 radical (unpaired) electrons. The summed E-state index contributed by atoms with van der Waals surface area (Å²) in [4.78, 5) is 28.2. The van der Waals surface area contributed by atoms with E-state index < -0.39 is 33.2 Å². The van der Waals surface area contributed by atoms with E-state index in [1.807, 2.05) is 42.3 Å². The molecule has 0 fully saturated rings. The minimum atomic E-state index is -1.68. The summed E-state index contributed by atoms with van der Waals surface area (Å²) >= 11 is -0.420. The van der Waals surface area contributed by atoms with E-state index in [1.54, 1.807) is 30.5 Å². The van der Waals surface area contributed by atoms with E-state index in [4.69, 9.17) is 0 Å². The Morgan fingerprint density at radius 1 is 0.953 bits per heavy atom. The van der Waals surface area contributed by atoms with Gasteiger partial charge in [-0.05, 0) is 73.0 Å². The van der Waals surface area contributed by atoms with Crippen LogP contribution >= 0.6 is 11.3 Å². The number of benzene rings is 3. The number of hydrogen-bond acceptors (Lipinski definition) is 6. The highest BCUT2D eigenvalue weighted by Gasteiger charge is 2.28.